The highest BCUT2D eigenvalue weighted by Gasteiger charge is 2.19. The highest BCUT2D eigenvalue weighted by molar-refractivity contribution is 6.30. The molecule has 0 aliphatic heterocycles. The van der Waals surface area contributed by atoms with Crippen LogP contribution in [0.25, 0.3) is 0 Å². The van der Waals surface area contributed by atoms with Gasteiger partial charge in [-0.25, -0.2) is 0 Å². The van der Waals surface area contributed by atoms with Gasteiger partial charge in [0, 0.05) is 36.4 Å². The second kappa shape index (κ2) is 8.32. The molecule has 0 aliphatic rings. The van der Waals surface area contributed by atoms with Crippen molar-refractivity contribution in [2.75, 3.05) is 27.2 Å². The molecule has 0 saturated carbocycles. The van der Waals surface area contributed by atoms with E-state index in [2.05, 4.69) is 5.32 Å². The van der Waals surface area contributed by atoms with Gasteiger partial charge in [-0.15, -0.1) is 0 Å². The monoisotopic (exact) mass is 361 g/mol. The molecule has 2 aromatic rings. The van der Waals surface area contributed by atoms with Gasteiger partial charge >= 0.3 is 0 Å². The van der Waals surface area contributed by atoms with Gasteiger partial charge in [-0.1, -0.05) is 11.6 Å². The van der Waals surface area contributed by atoms with Crippen molar-refractivity contribution in [1.29, 1.82) is 0 Å². The summed E-state index contributed by atoms with van der Waals surface area (Å²) in [5, 5.41) is 3.48. The second-order valence-electron chi connectivity index (χ2n) is 6.39. The molecule has 6 heteroatoms. The minimum atomic E-state index is -0.0732. The summed E-state index contributed by atoms with van der Waals surface area (Å²) in [6.45, 7) is 3.28. The van der Waals surface area contributed by atoms with Crippen molar-refractivity contribution in [3.63, 3.8) is 0 Å². The van der Waals surface area contributed by atoms with Crippen LogP contribution in [0.4, 0.5) is 0 Å². The maximum absolute atomic E-state index is 12.8. The number of amides is 1. The molecule has 0 atom stereocenters. The maximum atomic E-state index is 12.8. The molecule has 0 radical (unpaired) electrons. The van der Waals surface area contributed by atoms with E-state index in [0.29, 0.717) is 22.8 Å². The molecule has 0 spiro atoms. The molecule has 2 rings (SSSR count). The lowest BCUT2D eigenvalue weighted by atomic mass is 10.1. The Morgan fingerprint density at radius 2 is 1.84 bits per heavy atom. The molecular weight excluding hydrogens is 338 g/mol. The summed E-state index contributed by atoms with van der Waals surface area (Å²) in [5.41, 5.74) is 2.85. The van der Waals surface area contributed by atoms with Crippen LogP contribution in [0.15, 0.2) is 30.3 Å². The number of halogens is 1. The van der Waals surface area contributed by atoms with Gasteiger partial charge in [0.25, 0.3) is 0 Å². The minimum Gasteiger partial charge on any atom is -0.354 e. The standard InChI is InChI=1S/C19H24ClN3O2/c1-13-11-16(12-17(24)21-9-10-22(2)3)23(4)18(13)19(25)14-5-7-15(20)8-6-14/h5-8,11H,9-10,12H2,1-4H3,(H,21,24). The van der Waals surface area contributed by atoms with Crippen molar-refractivity contribution in [2.45, 2.75) is 13.3 Å². The van der Waals surface area contributed by atoms with Crippen LogP contribution in [0, 0.1) is 6.92 Å². The zero-order chi connectivity index (χ0) is 18.6. The number of hydrogen-bond acceptors (Lipinski definition) is 3. The first-order valence-corrected chi connectivity index (χ1v) is 8.54. The van der Waals surface area contributed by atoms with E-state index in [-0.39, 0.29) is 18.1 Å². The second-order valence-corrected chi connectivity index (χ2v) is 6.83. The summed E-state index contributed by atoms with van der Waals surface area (Å²) >= 11 is 5.88. The third-order valence-electron chi connectivity index (χ3n) is 4.07. The first-order chi connectivity index (χ1) is 11.8. The first-order valence-electron chi connectivity index (χ1n) is 8.16. The number of nitrogens with zero attached hydrogens (tertiary/aromatic N) is 2. The third kappa shape index (κ3) is 4.94. The van der Waals surface area contributed by atoms with Crippen molar-refractivity contribution in [3.05, 3.63) is 57.9 Å². The Morgan fingerprint density at radius 3 is 2.44 bits per heavy atom. The fourth-order valence-electron chi connectivity index (χ4n) is 2.71. The smallest absolute Gasteiger partial charge is 0.225 e. The number of ketones is 1. The summed E-state index contributed by atoms with van der Waals surface area (Å²) < 4.78 is 1.80. The number of hydrogen-bond donors (Lipinski definition) is 1. The lowest BCUT2D eigenvalue weighted by molar-refractivity contribution is -0.120. The van der Waals surface area contributed by atoms with E-state index in [1.54, 1.807) is 28.8 Å². The Hall–Kier alpha value is -2.11. The lowest BCUT2D eigenvalue weighted by Gasteiger charge is -2.11. The number of likely N-dealkylation sites (N-methyl/N-ethyl adjacent to an activating group) is 1. The van der Waals surface area contributed by atoms with Gasteiger partial charge in [0.15, 0.2) is 0 Å². The molecule has 0 saturated heterocycles. The molecule has 1 aromatic heterocycles. The molecule has 0 unspecified atom stereocenters. The zero-order valence-electron chi connectivity index (χ0n) is 15.1. The number of benzene rings is 1. The Bertz CT molecular complexity index is 764. The quantitative estimate of drug-likeness (QED) is 0.771. The molecule has 25 heavy (non-hydrogen) atoms. The lowest BCUT2D eigenvalue weighted by Crippen LogP contribution is -2.32. The van der Waals surface area contributed by atoms with E-state index in [0.717, 1.165) is 17.8 Å². The number of carbonyl (C=O) groups excluding carboxylic acids is 2. The van der Waals surface area contributed by atoms with Crippen molar-refractivity contribution in [1.82, 2.24) is 14.8 Å². The van der Waals surface area contributed by atoms with Gasteiger partial charge in [0.1, 0.15) is 0 Å². The predicted octanol–water partition coefficient (Wildman–Crippen LogP) is 2.44. The molecule has 134 valence electrons. The predicted molar refractivity (Wildman–Crippen MR) is 100 cm³/mol. The Kier molecular flexibility index (Phi) is 6.39. The van der Waals surface area contributed by atoms with E-state index < -0.39 is 0 Å². The van der Waals surface area contributed by atoms with Crippen LogP contribution in [0.1, 0.15) is 27.3 Å². The summed E-state index contributed by atoms with van der Waals surface area (Å²) in [6.07, 6.45) is 0.249. The highest BCUT2D eigenvalue weighted by Crippen LogP contribution is 2.20. The number of aromatic nitrogens is 1. The van der Waals surface area contributed by atoms with Crippen molar-refractivity contribution < 1.29 is 9.59 Å². The largest absolute Gasteiger partial charge is 0.354 e. The van der Waals surface area contributed by atoms with Crippen LogP contribution in [0.3, 0.4) is 0 Å². The van der Waals surface area contributed by atoms with Gasteiger partial charge in [0.05, 0.1) is 12.1 Å². The van der Waals surface area contributed by atoms with Crippen molar-refractivity contribution >= 4 is 23.3 Å². The third-order valence-corrected chi connectivity index (χ3v) is 4.32. The topological polar surface area (TPSA) is 54.3 Å². The van der Waals surface area contributed by atoms with Gasteiger partial charge in [0.2, 0.25) is 11.7 Å². The summed E-state index contributed by atoms with van der Waals surface area (Å²) in [5.74, 6) is -0.121. The van der Waals surface area contributed by atoms with Crippen molar-refractivity contribution in [3.8, 4) is 0 Å². The normalized spacial score (nSPS) is 11.0. The number of rotatable bonds is 7. The fourth-order valence-corrected chi connectivity index (χ4v) is 2.83. The molecule has 1 N–H and O–H groups in total. The molecule has 1 amide bonds. The molecule has 0 bridgehead atoms. The highest BCUT2D eigenvalue weighted by atomic mass is 35.5. The Balaban J connectivity index is 2.13. The summed E-state index contributed by atoms with van der Waals surface area (Å²) in [7, 11) is 5.74. The van der Waals surface area contributed by atoms with Gasteiger partial charge in [-0.05, 0) is 56.9 Å². The van der Waals surface area contributed by atoms with Crippen LogP contribution in [-0.2, 0) is 18.3 Å². The molecule has 1 heterocycles. The van der Waals surface area contributed by atoms with Crippen LogP contribution in [0.5, 0.6) is 0 Å². The fraction of sp³-hybridized carbons (Fsp3) is 0.368. The van der Waals surface area contributed by atoms with Gasteiger partial charge in [-0.2, -0.15) is 0 Å². The van der Waals surface area contributed by atoms with Crippen LogP contribution < -0.4 is 5.32 Å². The van der Waals surface area contributed by atoms with E-state index in [9.17, 15) is 9.59 Å². The van der Waals surface area contributed by atoms with Crippen LogP contribution in [-0.4, -0.2) is 48.3 Å². The SMILES string of the molecule is Cc1cc(CC(=O)NCCN(C)C)n(C)c1C(=O)c1ccc(Cl)cc1. The first kappa shape index (κ1) is 19.2. The number of aryl methyl sites for hydroxylation is 1. The molecule has 0 aliphatic carbocycles. The van der Waals surface area contributed by atoms with E-state index in [1.807, 2.05) is 39.0 Å². The summed E-state index contributed by atoms with van der Waals surface area (Å²) in [4.78, 5) is 26.9. The van der Waals surface area contributed by atoms with Gasteiger partial charge in [-0.3, -0.25) is 9.59 Å². The number of nitrogens with one attached hydrogen (secondary N) is 1. The Labute approximate surface area is 153 Å². The average Bonchev–Trinajstić information content (AvgIpc) is 2.81. The Morgan fingerprint density at radius 1 is 1.20 bits per heavy atom. The zero-order valence-corrected chi connectivity index (χ0v) is 15.9. The van der Waals surface area contributed by atoms with Gasteiger partial charge < -0.3 is 14.8 Å². The van der Waals surface area contributed by atoms with E-state index in [4.69, 9.17) is 11.6 Å². The summed E-state index contributed by atoms with van der Waals surface area (Å²) in [6, 6.07) is 8.72. The van der Waals surface area contributed by atoms with Crippen molar-refractivity contribution in [2.24, 2.45) is 7.05 Å². The number of carbonyl (C=O) groups is 2. The van der Waals surface area contributed by atoms with Crippen LogP contribution in [0.2, 0.25) is 5.02 Å². The minimum absolute atomic E-state index is 0.0482. The molecule has 5 nitrogen and oxygen atoms in total. The van der Waals surface area contributed by atoms with Crippen LogP contribution >= 0.6 is 11.6 Å². The molecule has 1 aromatic carbocycles. The average molecular weight is 362 g/mol. The molecular formula is C19H24ClN3O2. The maximum Gasteiger partial charge on any atom is 0.225 e. The van der Waals surface area contributed by atoms with E-state index in [1.165, 1.54) is 0 Å². The van der Waals surface area contributed by atoms with E-state index >= 15 is 0 Å². The molecule has 0 fully saturated rings.